The number of nitrogens with two attached hydrogens (primary N) is 1. The number of benzene rings is 1. The molecule has 1 rings (SSSR count). The van der Waals surface area contributed by atoms with E-state index in [1.807, 2.05) is 0 Å². The van der Waals surface area contributed by atoms with E-state index < -0.39 is 12.1 Å². The average molecular weight is 317 g/mol. The number of hydrogen-bond donors (Lipinski definition) is 2. The molecule has 0 saturated carbocycles. The lowest BCUT2D eigenvalue weighted by atomic mass is 10.1. The zero-order valence-electron chi connectivity index (χ0n) is 12.3. The fraction of sp³-hybridized carbons (Fsp3) is 0.429. The van der Waals surface area contributed by atoms with Crippen molar-refractivity contribution in [3.63, 3.8) is 0 Å². The lowest BCUT2D eigenvalue weighted by Gasteiger charge is -2.19. The Bertz CT molecular complexity index is 546. The van der Waals surface area contributed by atoms with Crippen LogP contribution in [0.3, 0.4) is 0 Å². The SMILES string of the molecule is CC(CN)C(=O)Nc1cccc(CN(C)C(=O)C(F)(F)F)c1. The third kappa shape index (κ3) is 5.03. The molecule has 1 aromatic carbocycles. The van der Waals surface area contributed by atoms with Gasteiger partial charge in [0.05, 0.1) is 0 Å². The van der Waals surface area contributed by atoms with Crippen molar-refractivity contribution in [2.75, 3.05) is 18.9 Å². The summed E-state index contributed by atoms with van der Waals surface area (Å²) in [5.74, 6) is -2.57. The molecule has 122 valence electrons. The minimum absolute atomic E-state index is 0.189. The average Bonchev–Trinajstić information content (AvgIpc) is 2.44. The van der Waals surface area contributed by atoms with Gasteiger partial charge in [0.15, 0.2) is 0 Å². The van der Waals surface area contributed by atoms with Crippen LogP contribution in [-0.4, -0.2) is 36.5 Å². The maximum atomic E-state index is 12.3. The summed E-state index contributed by atoms with van der Waals surface area (Å²) in [5.41, 5.74) is 6.30. The van der Waals surface area contributed by atoms with Crippen molar-refractivity contribution in [1.29, 1.82) is 0 Å². The summed E-state index contributed by atoms with van der Waals surface area (Å²) in [6.07, 6.45) is -4.91. The lowest BCUT2D eigenvalue weighted by molar-refractivity contribution is -0.184. The highest BCUT2D eigenvalue weighted by atomic mass is 19.4. The minimum Gasteiger partial charge on any atom is -0.334 e. The maximum absolute atomic E-state index is 12.3. The lowest BCUT2D eigenvalue weighted by Crippen LogP contribution is -2.37. The van der Waals surface area contributed by atoms with E-state index in [0.29, 0.717) is 16.2 Å². The van der Waals surface area contributed by atoms with Crippen LogP contribution in [0.5, 0.6) is 0 Å². The highest BCUT2D eigenvalue weighted by molar-refractivity contribution is 5.92. The Labute approximate surface area is 126 Å². The van der Waals surface area contributed by atoms with E-state index in [0.717, 1.165) is 7.05 Å². The van der Waals surface area contributed by atoms with Crippen LogP contribution < -0.4 is 11.1 Å². The van der Waals surface area contributed by atoms with E-state index in [1.54, 1.807) is 25.1 Å². The van der Waals surface area contributed by atoms with Crippen molar-refractivity contribution in [3.05, 3.63) is 29.8 Å². The van der Waals surface area contributed by atoms with Crippen molar-refractivity contribution in [1.82, 2.24) is 4.90 Å². The van der Waals surface area contributed by atoms with Gasteiger partial charge < -0.3 is 16.0 Å². The number of rotatable bonds is 5. The van der Waals surface area contributed by atoms with Gasteiger partial charge in [-0.3, -0.25) is 9.59 Å². The summed E-state index contributed by atoms with van der Waals surface area (Å²) in [4.78, 5) is 23.4. The van der Waals surface area contributed by atoms with Gasteiger partial charge in [0.25, 0.3) is 0 Å². The zero-order chi connectivity index (χ0) is 16.9. The number of alkyl halides is 3. The summed E-state index contributed by atoms with van der Waals surface area (Å²) < 4.78 is 37.0. The van der Waals surface area contributed by atoms with E-state index in [9.17, 15) is 22.8 Å². The molecule has 3 N–H and O–H groups in total. The van der Waals surface area contributed by atoms with Crippen LogP contribution in [0.25, 0.3) is 0 Å². The van der Waals surface area contributed by atoms with Crippen LogP contribution in [0, 0.1) is 5.92 Å². The predicted octanol–water partition coefficient (Wildman–Crippen LogP) is 1.74. The number of carbonyl (C=O) groups excluding carboxylic acids is 2. The quantitative estimate of drug-likeness (QED) is 0.868. The summed E-state index contributed by atoms with van der Waals surface area (Å²) in [7, 11) is 1.07. The van der Waals surface area contributed by atoms with Crippen LogP contribution in [-0.2, 0) is 16.1 Å². The van der Waals surface area contributed by atoms with Crippen molar-refractivity contribution in [2.45, 2.75) is 19.6 Å². The molecule has 0 saturated heterocycles. The molecule has 0 radical (unpaired) electrons. The van der Waals surface area contributed by atoms with Gasteiger partial charge >= 0.3 is 12.1 Å². The Morgan fingerprint density at radius 3 is 2.55 bits per heavy atom. The summed E-state index contributed by atoms with van der Waals surface area (Å²) >= 11 is 0. The molecule has 1 aromatic rings. The summed E-state index contributed by atoms with van der Waals surface area (Å²) in [5, 5.41) is 2.62. The van der Waals surface area contributed by atoms with E-state index in [1.165, 1.54) is 6.07 Å². The van der Waals surface area contributed by atoms with Crippen molar-refractivity contribution < 1.29 is 22.8 Å². The topological polar surface area (TPSA) is 75.4 Å². The van der Waals surface area contributed by atoms with Crippen molar-refractivity contribution in [2.24, 2.45) is 11.7 Å². The van der Waals surface area contributed by atoms with Gasteiger partial charge in [-0.15, -0.1) is 0 Å². The first-order chi connectivity index (χ1) is 10.1. The third-order valence-electron chi connectivity index (χ3n) is 3.00. The predicted molar refractivity (Wildman–Crippen MR) is 75.8 cm³/mol. The Kier molecular flexibility index (Phi) is 5.92. The second-order valence-electron chi connectivity index (χ2n) is 4.99. The van der Waals surface area contributed by atoms with Crippen molar-refractivity contribution in [3.8, 4) is 0 Å². The minimum atomic E-state index is -4.91. The van der Waals surface area contributed by atoms with Gasteiger partial charge in [-0.1, -0.05) is 19.1 Å². The molecule has 0 spiro atoms. The first-order valence-electron chi connectivity index (χ1n) is 6.57. The molecular weight excluding hydrogens is 299 g/mol. The molecular formula is C14H18F3N3O2. The molecule has 5 nitrogen and oxygen atoms in total. The van der Waals surface area contributed by atoms with Gasteiger partial charge in [0.1, 0.15) is 0 Å². The largest absolute Gasteiger partial charge is 0.471 e. The second-order valence-corrected chi connectivity index (χ2v) is 4.99. The Hall–Kier alpha value is -2.09. The van der Waals surface area contributed by atoms with Crippen LogP contribution in [0.2, 0.25) is 0 Å². The number of amides is 2. The van der Waals surface area contributed by atoms with E-state index in [-0.39, 0.29) is 24.9 Å². The Balaban J connectivity index is 2.76. The second kappa shape index (κ2) is 7.26. The van der Waals surface area contributed by atoms with Gasteiger partial charge in [-0.25, -0.2) is 0 Å². The molecule has 0 heterocycles. The number of halogens is 3. The number of anilines is 1. The number of nitrogens with zero attached hydrogens (tertiary/aromatic N) is 1. The summed E-state index contributed by atoms with van der Waals surface area (Å²) in [6, 6.07) is 6.28. The maximum Gasteiger partial charge on any atom is 0.471 e. The van der Waals surface area contributed by atoms with Crippen LogP contribution in [0.15, 0.2) is 24.3 Å². The van der Waals surface area contributed by atoms with Gasteiger partial charge in [-0.2, -0.15) is 13.2 Å². The molecule has 0 aromatic heterocycles. The molecule has 22 heavy (non-hydrogen) atoms. The molecule has 1 atom stereocenters. The number of hydrogen-bond acceptors (Lipinski definition) is 3. The highest BCUT2D eigenvalue weighted by Crippen LogP contribution is 2.20. The Morgan fingerprint density at radius 1 is 1.36 bits per heavy atom. The molecule has 2 amide bonds. The Morgan fingerprint density at radius 2 is 2.00 bits per heavy atom. The smallest absolute Gasteiger partial charge is 0.334 e. The monoisotopic (exact) mass is 317 g/mol. The molecule has 1 unspecified atom stereocenters. The first-order valence-corrected chi connectivity index (χ1v) is 6.57. The van der Waals surface area contributed by atoms with Crippen LogP contribution in [0.1, 0.15) is 12.5 Å². The molecule has 0 aliphatic heterocycles. The fourth-order valence-electron chi connectivity index (χ4n) is 1.68. The zero-order valence-corrected chi connectivity index (χ0v) is 12.3. The third-order valence-corrected chi connectivity index (χ3v) is 3.00. The standard InChI is InChI=1S/C14H18F3N3O2/c1-9(7-18)12(21)19-11-5-3-4-10(6-11)8-20(2)13(22)14(15,16)17/h3-6,9H,7-8,18H2,1-2H3,(H,19,21). The highest BCUT2D eigenvalue weighted by Gasteiger charge is 2.41. The van der Waals surface area contributed by atoms with Gasteiger partial charge in [-0.05, 0) is 17.7 Å². The van der Waals surface area contributed by atoms with Crippen LogP contribution in [0.4, 0.5) is 18.9 Å². The molecule has 0 aliphatic carbocycles. The fourth-order valence-corrected chi connectivity index (χ4v) is 1.68. The van der Waals surface area contributed by atoms with E-state index in [2.05, 4.69) is 5.32 Å². The van der Waals surface area contributed by atoms with E-state index in [4.69, 9.17) is 5.73 Å². The molecule has 8 heteroatoms. The van der Waals surface area contributed by atoms with Crippen molar-refractivity contribution >= 4 is 17.5 Å². The summed E-state index contributed by atoms with van der Waals surface area (Å²) in [6.45, 7) is 1.64. The van der Waals surface area contributed by atoms with Crippen LogP contribution >= 0.6 is 0 Å². The number of nitrogens with one attached hydrogen (secondary N) is 1. The normalized spacial score (nSPS) is 12.6. The van der Waals surface area contributed by atoms with Gasteiger partial charge in [0, 0.05) is 31.7 Å². The van der Waals surface area contributed by atoms with Gasteiger partial charge in [0.2, 0.25) is 5.91 Å². The molecule has 0 bridgehead atoms. The molecule has 0 fully saturated rings. The van der Waals surface area contributed by atoms with E-state index >= 15 is 0 Å². The number of carbonyl (C=O) groups is 2. The first kappa shape index (κ1) is 18.0. The molecule has 0 aliphatic rings.